The number of hydrogen-bond acceptors (Lipinski definition) is 2. The molecule has 3 N–H and O–H groups in total. The molecular weight excluding hydrogens is 540 g/mol. The average molecular weight is 566 g/mol. The van der Waals surface area contributed by atoms with Crippen molar-refractivity contribution >= 4 is 29.4 Å². The highest BCUT2D eigenvalue weighted by atomic mass is 35.5. The Morgan fingerprint density at radius 2 is 1.47 bits per heavy atom. The molecule has 1 aliphatic heterocycles. The number of piperidine rings is 1. The van der Waals surface area contributed by atoms with E-state index >= 15 is 0 Å². The lowest BCUT2D eigenvalue weighted by atomic mass is 9.69. The van der Waals surface area contributed by atoms with Crippen molar-refractivity contribution in [3.63, 3.8) is 0 Å². The minimum absolute atomic E-state index is 0.0325. The number of alkyl halides is 6. The summed E-state index contributed by atoms with van der Waals surface area (Å²) in [5.74, 6) is -0.602. The number of halogens is 7. The molecule has 0 saturated carbocycles. The first-order chi connectivity index (χ1) is 17.4. The lowest BCUT2D eigenvalue weighted by molar-refractivity contribution is -0.143. The summed E-state index contributed by atoms with van der Waals surface area (Å²) < 4.78 is 79.3. The largest absolute Gasteiger partial charge is 0.465 e. The highest BCUT2D eigenvalue weighted by Gasteiger charge is 2.47. The van der Waals surface area contributed by atoms with Gasteiger partial charge < -0.3 is 20.6 Å². The van der Waals surface area contributed by atoms with Crippen LogP contribution in [0, 0.1) is 5.41 Å². The molecule has 6 nitrogen and oxygen atoms in total. The zero-order chi connectivity index (χ0) is 28.6. The SMILES string of the molecule is CC(C)(C)C1[C@H](c2ccc(Cl)cc2)[C@H](NC(=O)Nc2cc(C(F)(F)F)cc(C(F)(F)F)c2)CCN1C(=O)O. The third-order valence-corrected chi connectivity index (χ3v) is 6.59. The van der Waals surface area contributed by atoms with Crippen LogP contribution in [0.5, 0.6) is 0 Å². The lowest BCUT2D eigenvalue weighted by Crippen LogP contribution is -2.60. The topological polar surface area (TPSA) is 81.7 Å². The van der Waals surface area contributed by atoms with Gasteiger partial charge in [-0.25, -0.2) is 9.59 Å². The zero-order valence-electron chi connectivity index (χ0n) is 20.5. The molecule has 2 aromatic carbocycles. The van der Waals surface area contributed by atoms with E-state index in [1.54, 1.807) is 24.3 Å². The van der Waals surface area contributed by atoms with Gasteiger partial charge in [-0.2, -0.15) is 26.3 Å². The second kappa shape index (κ2) is 10.5. The maximum absolute atomic E-state index is 13.2. The van der Waals surface area contributed by atoms with Crippen molar-refractivity contribution < 1.29 is 41.0 Å². The van der Waals surface area contributed by atoms with Gasteiger partial charge in [0.15, 0.2) is 0 Å². The molecular formula is C25H26ClF6N3O3. The molecule has 2 aromatic rings. The number of amides is 3. The van der Waals surface area contributed by atoms with Crippen LogP contribution >= 0.6 is 11.6 Å². The fourth-order valence-electron chi connectivity index (χ4n) is 4.86. The van der Waals surface area contributed by atoms with E-state index in [1.165, 1.54) is 4.90 Å². The normalized spacial score (nSPS) is 20.7. The molecule has 1 saturated heterocycles. The van der Waals surface area contributed by atoms with E-state index in [1.807, 2.05) is 20.8 Å². The van der Waals surface area contributed by atoms with Crippen molar-refractivity contribution in [2.75, 3.05) is 11.9 Å². The van der Waals surface area contributed by atoms with Crippen molar-refractivity contribution in [3.8, 4) is 0 Å². The Morgan fingerprint density at radius 3 is 1.92 bits per heavy atom. The zero-order valence-corrected chi connectivity index (χ0v) is 21.3. The molecule has 1 aliphatic rings. The minimum atomic E-state index is -5.07. The van der Waals surface area contributed by atoms with Crippen LogP contribution in [0.2, 0.25) is 5.02 Å². The molecule has 3 amide bonds. The highest BCUT2D eigenvalue weighted by Crippen LogP contribution is 2.42. The molecule has 1 heterocycles. The summed E-state index contributed by atoms with van der Waals surface area (Å²) >= 11 is 6.01. The summed E-state index contributed by atoms with van der Waals surface area (Å²) in [6.07, 6.45) is -11.2. The first kappa shape index (κ1) is 29.4. The number of carboxylic acid groups (broad SMARTS) is 1. The number of nitrogens with one attached hydrogen (secondary N) is 2. The summed E-state index contributed by atoms with van der Waals surface area (Å²) in [6, 6.07) is 5.01. The van der Waals surface area contributed by atoms with Crippen LogP contribution in [0.15, 0.2) is 42.5 Å². The van der Waals surface area contributed by atoms with Gasteiger partial charge in [-0.3, -0.25) is 0 Å². The smallest absolute Gasteiger partial charge is 0.416 e. The first-order valence-electron chi connectivity index (χ1n) is 11.5. The average Bonchev–Trinajstić information content (AvgIpc) is 2.77. The van der Waals surface area contributed by atoms with Crippen molar-refractivity contribution in [1.29, 1.82) is 0 Å². The predicted molar refractivity (Wildman–Crippen MR) is 129 cm³/mol. The summed E-state index contributed by atoms with van der Waals surface area (Å²) in [7, 11) is 0. The molecule has 38 heavy (non-hydrogen) atoms. The quantitative estimate of drug-likeness (QED) is 0.338. The van der Waals surface area contributed by atoms with Gasteiger partial charge in [-0.1, -0.05) is 44.5 Å². The molecule has 0 aliphatic carbocycles. The molecule has 0 radical (unpaired) electrons. The molecule has 3 atom stereocenters. The van der Waals surface area contributed by atoms with Gasteiger partial charge in [0.25, 0.3) is 0 Å². The van der Waals surface area contributed by atoms with Gasteiger partial charge in [0.1, 0.15) is 0 Å². The summed E-state index contributed by atoms with van der Waals surface area (Å²) in [4.78, 5) is 26.2. The number of urea groups is 1. The molecule has 0 bridgehead atoms. The minimum Gasteiger partial charge on any atom is -0.465 e. The van der Waals surface area contributed by atoms with Gasteiger partial charge in [0.2, 0.25) is 0 Å². The lowest BCUT2D eigenvalue weighted by Gasteiger charge is -2.50. The van der Waals surface area contributed by atoms with Crippen molar-refractivity contribution in [3.05, 3.63) is 64.2 Å². The molecule has 0 aromatic heterocycles. The molecule has 3 rings (SSSR count). The van der Waals surface area contributed by atoms with Gasteiger partial charge in [0.05, 0.1) is 11.1 Å². The molecule has 208 valence electrons. The van der Waals surface area contributed by atoms with Crippen LogP contribution in [0.1, 0.15) is 49.8 Å². The van der Waals surface area contributed by atoms with Crippen LogP contribution in [0.3, 0.4) is 0 Å². The van der Waals surface area contributed by atoms with Crippen LogP contribution in [0.4, 0.5) is 41.6 Å². The first-order valence-corrected chi connectivity index (χ1v) is 11.9. The van der Waals surface area contributed by atoms with E-state index in [4.69, 9.17) is 11.6 Å². The fraction of sp³-hybridized carbons (Fsp3) is 0.440. The number of rotatable bonds is 3. The summed E-state index contributed by atoms with van der Waals surface area (Å²) in [6.45, 7) is 5.55. The third-order valence-electron chi connectivity index (χ3n) is 6.34. The molecule has 13 heteroatoms. The van der Waals surface area contributed by atoms with E-state index in [0.29, 0.717) is 22.7 Å². The summed E-state index contributed by atoms with van der Waals surface area (Å²) in [5, 5.41) is 15.0. The highest BCUT2D eigenvalue weighted by molar-refractivity contribution is 6.30. The molecule has 1 fully saturated rings. The number of carbonyl (C=O) groups excluding carboxylic acids is 1. The second-order valence-electron chi connectivity index (χ2n) is 10.2. The Bertz CT molecular complexity index is 1150. The number of benzene rings is 2. The van der Waals surface area contributed by atoms with Crippen LogP contribution < -0.4 is 10.6 Å². The van der Waals surface area contributed by atoms with E-state index in [0.717, 1.165) is 0 Å². The third kappa shape index (κ3) is 6.83. The van der Waals surface area contributed by atoms with E-state index < -0.39 is 64.7 Å². The van der Waals surface area contributed by atoms with E-state index in [-0.39, 0.29) is 19.0 Å². The fourth-order valence-corrected chi connectivity index (χ4v) is 4.98. The van der Waals surface area contributed by atoms with E-state index in [9.17, 15) is 41.0 Å². The van der Waals surface area contributed by atoms with Gasteiger partial charge in [0, 0.05) is 35.3 Å². The maximum atomic E-state index is 13.2. The number of likely N-dealkylation sites (tertiary alicyclic amines) is 1. The van der Waals surface area contributed by atoms with Crippen molar-refractivity contribution in [2.45, 2.75) is 57.5 Å². The van der Waals surface area contributed by atoms with Crippen LogP contribution in [-0.4, -0.2) is 40.8 Å². The Labute approximate surface area is 220 Å². The van der Waals surface area contributed by atoms with Crippen LogP contribution in [-0.2, 0) is 12.4 Å². The number of hydrogen-bond donors (Lipinski definition) is 3. The van der Waals surface area contributed by atoms with Crippen molar-refractivity contribution in [2.24, 2.45) is 5.41 Å². The Morgan fingerprint density at radius 1 is 0.947 bits per heavy atom. The number of carbonyl (C=O) groups is 2. The second-order valence-corrected chi connectivity index (χ2v) is 10.6. The molecule has 1 unspecified atom stereocenters. The van der Waals surface area contributed by atoms with Gasteiger partial charge in [-0.05, 0) is 47.7 Å². The Hall–Kier alpha value is -3.15. The maximum Gasteiger partial charge on any atom is 0.416 e. The number of anilines is 1. The monoisotopic (exact) mass is 565 g/mol. The number of nitrogens with zero attached hydrogens (tertiary/aromatic N) is 1. The Kier molecular flexibility index (Phi) is 8.16. The summed E-state index contributed by atoms with van der Waals surface area (Å²) in [5.41, 5.74) is -3.78. The van der Waals surface area contributed by atoms with E-state index in [2.05, 4.69) is 10.6 Å². The van der Waals surface area contributed by atoms with Crippen LogP contribution in [0.25, 0.3) is 0 Å². The van der Waals surface area contributed by atoms with Crippen molar-refractivity contribution in [1.82, 2.24) is 10.2 Å². The van der Waals surface area contributed by atoms with Gasteiger partial charge >= 0.3 is 24.5 Å². The Balaban J connectivity index is 1.96. The predicted octanol–water partition coefficient (Wildman–Crippen LogP) is 7.45. The van der Waals surface area contributed by atoms with Gasteiger partial charge in [-0.15, -0.1) is 0 Å². The molecule has 0 spiro atoms. The standard InChI is InChI=1S/C25H26ClF6N3O3/c1-23(2,3)20-19(13-4-6-16(26)7-5-13)18(8-9-35(20)22(37)38)34-21(36)33-17-11-14(24(27,28)29)10-15(12-17)25(30,31)32/h4-7,10-12,18-20H,8-9H2,1-3H3,(H,37,38)(H2,33,34,36)/t18-,19-,20?/m1/s1.